The van der Waals surface area contributed by atoms with Gasteiger partial charge in [0.15, 0.2) is 12.4 Å². The lowest BCUT2D eigenvalue weighted by atomic mass is 10.1. The van der Waals surface area contributed by atoms with Crippen molar-refractivity contribution in [2.45, 2.75) is 44.4 Å². The third-order valence-electron chi connectivity index (χ3n) is 2.93. The Labute approximate surface area is 104 Å². The second-order valence-corrected chi connectivity index (χ2v) is 4.39. The number of hydrogen-bond acceptors (Lipinski definition) is 2. The fourth-order valence-electron chi connectivity index (χ4n) is 2.03. The number of rotatable bonds is 3. The number of hydrogen-bond donors (Lipinski definition) is 0. The maximum Gasteiger partial charge on any atom is 0.417 e. The van der Waals surface area contributed by atoms with E-state index in [2.05, 4.69) is 0 Å². The first-order valence-corrected chi connectivity index (χ1v) is 5.88. The van der Waals surface area contributed by atoms with Gasteiger partial charge < -0.3 is 9.47 Å². The van der Waals surface area contributed by atoms with Crippen LogP contribution in [0.15, 0.2) is 30.3 Å². The highest BCUT2D eigenvalue weighted by atomic mass is 19.4. The minimum Gasteiger partial charge on any atom is -0.347 e. The Morgan fingerprint density at radius 1 is 1.11 bits per heavy atom. The topological polar surface area (TPSA) is 18.5 Å². The average molecular weight is 260 g/mol. The largest absolute Gasteiger partial charge is 0.417 e. The Kier molecular flexibility index (Phi) is 3.92. The third-order valence-corrected chi connectivity index (χ3v) is 2.93. The molecule has 1 aliphatic heterocycles. The molecule has 0 N–H and O–H groups in total. The van der Waals surface area contributed by atoms with Crippen LogP contribution in [-0.2, 0) is 15.9 Å². The van der Waals surface area contributed by atoms with E-state index in [1.54, 1.807) is 0 Å². The number of benzene rings is 1. The minimum absolute atomic E-state index is 0.431. The van der Waals surface area contributed by atoms with Crippen molar-refractivity contribution in [3.8, 4) is 0 Å². The van der Waals surface area contributed by atoms with E-state index in [0.29, 0.717) is 12.8 Å². The third kappa shape index (κ3) is 3.23. The summed E-state index contributed by atoms with van der Waals surface area (Å²) in [6, 6.07) is 9.55. The van der Waals surface area contributed by atoms with Crippen LogP contribution in [0.25, 0.3) is 0 Å². The van der Waals surface area contributed by atoms with Crippen molar-refractivity contribution in [2.75, 3.05) is 0 Å². The molecule has 1 aliphatic rings. The molecule has 3 atom stereocenters. The Bertz CT molecular complexity index is 378. The van der Waals surface area contributed by atoms with Gasteiger partial charge in [-0.05, 0) is 18.9 Å². The van der Waals surface area contributed by atoms with Gasteiger partial charge in [-0.25, -0.2) is 0 Å². The highest BCUT2D eigenvalue weighted by Crippen LogP contribution is 2.34. The van der Waals surface area contributed by atoms with Crippen LogP contribution in [0.5, 0.6) is 0 Å². The van der Waals surface area contributed by atoms with Crippen LogP contribution in [0.3, 0.4) is 0 Å². The Balaban J connectivity index is 1.86. The van der Waals surface area contributed by atoms with Crippen LogP contribution in [0, 0.1) is 0 Å². The molecule has 0 amide bonds. The molecule has 100 valence electrons. The van der Waals surface area contributed by atoms with E-state index in [1.807, 2.05) is 30.3 Å². The zero-order valence-electron chi connectivity index (χ0n) is 9.98. The fourth-order valence-corrected chi connectivity index (χ4v) is 2.03. The lowest BCUT2D eigenvalue weighted by molar-refractivity contribution is -0.218. The van der Waals surface area contributed by atoms with Crippen LogP contribution in [0.1, 0.15) is 18.9 Å². The molecule has 18 heavy (non-hydrogen) atoms. The summed E-state index contributed by atoms with van der Waals surface area (Å²) in [5.74, 6) is 0. The smallest absolute Gasteiger partial charge is 0.347 e. The standard InChI is InChI=1S/C13H15F3O2/c1-9-12(13(14,15)16)18-11(17-9)8-7-10-5-3-2-4-6-10/h2-6,9,11-12H,7-8H2,1H3/t9-,11+,12-/m0/s1. The highest BCUT2D eigenvalue weighted by molar-refractivity contribution is 5.14. The van der Waals surface area contributed by atoms with E-state index >= 15 is 0 Å². The molecule has 1 fully saturated rings. The number of alkyl halides is 3. The molecular formula is C13H15F3O2. The van der Waals surface area contributed by atoms with Gasteiger partial charge in [-0.2, -0.15) is 13.2 Å². The SMILES string of the molecule is C[C@@H]1O[C@@H](CCc2ccccc2)O[C@@H]1C(F)(F)F. The molecule has 0 aromatic heterocycles. The zero-order chi connectivity index (χ0) is 13.2. The Morgan fingerprint density at radius 2 is 1.78 bits per heavy atom. The molecule has 1 saturated heterocycles. The van der Waals surface area contributed by atoms with E-state index in [1.165, 1.54) is 6.92 Å². The first kappa shape index (κ1) is 13.4. The second kappa shape index (κ2) is 5.28. The molecule has 0 unspecified atom stereocenters. The van der Waals surface area contributed by atoms with E-state index in [9.17, 15) is 13.2 Å². The van der Waals surface area contributed by atoms with Gasteiger partial charge in [-0.1, -0.05) is 30.3 Å². The van der Waals surface area contributed by atoms with Crippen LogP contribution >= 0.6 is 0 Å². The normalized spacial score (nSPS) is 28.6. The maximum atomic E-state index is 12.5. The van der Waals surface area contributed by atoms with Crippen molar-refractivity contribution in [1.29, 1.82) is 0 Å². The molecular weight excluding hydrogens is 245 g/mol. The Morgan fingerprint density at radius 3 is 2.33 bits per heavy atom. The van der Waals surface area contributed by atoms with Gasteiger partial charge in [-0.15, -0.1) is 0 Å². The number of halogens is 3. The summed E-state index contributed by atoms with van der Waals surface area (Å²) in [4.78, 5) is 0. The maximum absolute atomic E-state index is 12.5. The van der Waals surface area contributed by atoms with Gasteiger partial charge in [0.05, 0.1) is 6.10 Å². The zero-order valence-corrected chi connectivity index (χ0v) is 9.98. The van der Waals surface area contributed by atoms with Crippen LogP contribution in [0.4, 0.5) is 13.2 Å². The van der Waals surface area contributed by atoms with Crippen LogP contribution in [0.2, 0.25) is 0 Å². The number of aryl methyl sites for hydroxylation is 1. The van der Waals surface area contributed by atoms with Gasteiger partial charge in [0, 0.05) is 6.42 Å². The molecule has 0 radical (unpaired) electrons. The summed E-state index contributed by atoms with van der Waals surface area (Å²) in [7, 11) is 0. The summed E-state index contributed by atoms with van der Waals surface area (Å²) >= 11 is 0. The predicted molar refractivity (Wildman–Crippen MR) is 60.0 cm³/mol. The fraction of sp³-hybridized carbons (Fsp3) is 0.538. The first-order valence-electron chi connectivity index (χ1n) is 5.88. The van der Waals surface area contributed by atoms with Crippen molar-refractivity contribution in [1.82, 2.24) is 0 Å². The van der Waals surface area contributed by atoms with Crippen LogP contribution < -0.4 is 0 Å². The monoisotopic (exact) mass is 260 g/mol. The molecule has 1 aromatic carbocycles. The Hall–Kier alpha value is -1.07. The minimum atomic E-state index is -4.36. The van der Waals surface area contributed by atoms with Gasteiger partial charge in [-0.3, -0.25) is 0 Å². The van der Waals surface area contributed by atoms with E-state index in [4.69, 9.17) is 9.47 Å². The predicted octanol–water partition coefficient (Wildman–Crippen LogP) is 3.31. The molecule has 1 heterocycles. The van der Waals surface area contributed by atoms with E-state index in [0.717, 1.165) is 5.56 Å². The summed E-state index contributed by atoms with van der Waals surface area (Å²) in [5.41, 5.74) is 1.06. The average Bonchev–Trinajstić information content (AvgIpc) is 2.69. The molecule has 0 aliphatic carbocycles. The van der Waals surface area contributed by atoms with Gasteiger partial charge in [0.25, 0.3) is 0 Å². The lowest BCUT2D eigenvalue weighted by Gasteiger charge is -2.16. The van der Waals surface area contributed by atoms with Crippen molar-refractivity contribution in [3.05, 3.63) is 35.9 Å². The summed E-state index contributed by atoms with van der Waals surface area (Å²) in [5, 5.41) is 0. The summed E-state index contributed by atoms with van der Waals surface area (Å²) in [6.07, 6.45) is -6.80. The van der Waals surface area contributed by atoms with Gasteiger partial charge >= 0.3 is 6.18 Å². The number of ether oxygens (including phenoxy) is 2. The van der Waals surface area contributed by atoms with E-state index in [-0.39, 0.29) is 0 Å². The highest BCUT2D eigenvalue weighted by Gasteiger charge is 2.50. The quantitative estimate of drug-likeness (QED) is 0.830. The molecule has 0 bridgehead atoms. The molecule has 2 rings (SSSR count). The molecule has 1 aromatic rings. The molecule has 2 nitrogen and oxygen atoms in total. The van der Waals surface area contributed by atoms with E-state index < -0.39 is 24.7 Å². The summed E-state index contributed by atoms with van der Waals surface area (Å²) < 4.78 is 47.7. The van der Waals surface area contributed by atoms with Crippen molar-refractivity contribution in [3.63, 3.8) is 0 Å². The van der Waals surface area contributed by atoms with Crippen molar-refractivity contribution < 1.29 is 22.6 Å². The second-order valence-electron chi connectivity index (χ2n) is 4.39. The van der Waals surface area contributed by atoms with Crippen LogP contribution in [-0.4, -0.2) is 24.7 Å². The van der Waals surface area contributed by atoms with Gasteiger partial charge in [0.1, 0.15) is 0 Å². The molecule has 5 heteroatoms. The lowest BCUT2D eigenvalue weighted by Crippen LogP contribution is -2.35. The van der Waals surface area contributed by atoms with Crippen molar-refractivity contribution >= 4 is 0 Å². The van der Waals surface area contributed by atoms with Gasteiger partial charge in [0.2, 0.25) is 0 Å². The summed E-state index contributed by atoms with van der Waals surface area (Å²) in [6.45, 7) is 1.39. The molecule has 0 saturated carbocycles. The molecule has 0 spiro atoms. The first-order chi connectivity index (χ1) is 8.47. The van der Waals surface area contributed by atoms with Crippen molar-refractivity contribution in [2.24, 2.45) is 0 Å².